The van der Waals surface area contributed by atoms with Gasteiger partial charge in [-0.1, -0.05) is 153 Å². The van der Waals surface area contributed by atoms with Crippen LogP contribution in [0.1, 0.15) is 0 Å². The quantitative estimate of drug-likeness (QED) is 0.253. The Bertz CT molecular complexity index is 670. The molecule has 0 unspecified atom stereocenters. The van der Waals surface area contributed by atoms with Crippen molar-refractivity contribution in [2.45, 2.75) is 118 Å². The van der Waals surface area contributed by atoms with Crippen molar-refractivity contribution in [3.63, 3.8) is 0 Å². The molecule has 0 aliphatic heterocycles. The fraction of sp³-hybridized carbons (Fsp3) is 0.750. The molecule has 0 heterocycles. The van der Waals surface area contributed by atoms with Gasteiger partial charge < -0.3 is 0 Å². The van der Waals surface area contributed by atoms with Gasteiger partial charge in [0.15, 0.2) is 0 Å². The first kappa shape index (κ1) is 32.2. The van der Waals surface area contributed by atoms with Crippen LogP contribution < -0.4 is 5.19 Å². The minimum absolute atomic E-state index is 0.613. The first-order chi connectivity index (χ1) is 14.2. The summed E-state index contributed by atoms with van der Waals surface area (Å²) < 4.78 is 0. The Hall–Kier alpha value is 1.17. The molecule has 0 aromatic heterocycles. The van der Waals surface area contributed by atoms with Gasteiger partial charge in [0.25, 0.3) is 0 Å². The summed E-state index contributed by atoms with van der Waals surface area (Å²) in [5.41, 5.74) is 0. The van der Waals surface area contributed by atoms with E-state index in [-0.39, 0.29) is 0 Å². The maximum Gasteiger partial charge on any atom is 0.0560 e. The van der Waals surface area contributed by atoms with Crippen molar-refractivity contribution in [1.82, 2.24) is 0 Å². The van der Waals surface area contributed by atoms with Crippen molar-refractivity contribution in [2.75, 3.05) is 0 Å². The summed E-state index contributed by atoms with van der Waals surface area (Å²) in [5.74, 6) is 0. The van der Waals surface area contributed by atoms with Gasteiger partial charge in [-0.05, 0) is 0 Å². The predicted octanol–water partition coefficient (Wildman–Crippen LogP) is 7.94. The SMILES string of the molecule is C[Si](C)(C)[Si]([Si](c1ccccc1)[Si]([Si](C)(C)C)([Si](C)(C)C)[Si](C)(C)C)([Si](C)(C)C)[Si](C)(C)C. The second-order valence-corrected chi connectivity index (χ2v) is 116. The van der Waals surface area contributed by atoms with Crippen LogP contribution in [-0.2, 0) is 0 Å². The third-order valence-corrected chi connectivity index (χ3v) is 226. The number of hydrogen-bond donors (Lipinski definition) is 0. The summed E-state index contributed by atoms with van der Waals surface area (Å²) in [7, 11) is -8.96. The summed E-state index contributed by atoms with van der Waals surface area (Å²) >= 11 is 0. The van der Waals surface area contributed by atoms with Gasteiger partial charge in [-0.25, -0.2) is 0 Å². The Labute approximate surface area is 217 Å². The highest BCUT2D eigenvalue weighted by atomic mass is 30.4. The molecule has 0 aliphatic carbocycles. The topological polar surface area (TPSA) is 0 Å². The molecule has 0 N–H and O–H groups in total. The van der Waals surface area contributed by atoms with Crippen molar-refractivity contribution in [3.05, 3.63) is 30.3 Å². The normalized spacial score (nSPS) is 15.8. The van der Waals surface area contributed by atoms with Crippen LogP contribution >= 0.6 is 0 Å². The molecular weight excluding hydrogens is 541 g/mol. The van der Waals surface area contributed by atoms with E-state index in [0.717, 1.165) is 0 Å². The summed E-state index contributed by atoms with van der Waals surface area (Å²) in [4.78, 5) is 0. The minimum atomic E-state index is -1.55. The maximum absolute atomic E-state index is 2.88. The minimum Gasteiger partial charge on any atom is -0.0720 e. The molecule has 9 heteroatoms. The lowest BCUT2D eigenvalue weighted by atomic mass is 10.4. The lowest BCUT2D eigenvalue weighted by molar-refractivity contribution is 1.73. The first-order valence-electron chi connectivity index (χ1n) is 13.2. The van der Waals surface area contributed by atoms with Gasteiger partial charge in [0.05, 0.1) is 7.83 Å². The molecule has 0 atom stereocenters. The van der Waals surface area contributed by atoms with Gasteiger partial charge in [-0.2, -0.15) is 0 Å². The van der Waals surface area contributed by atoms with Crippen molar-refractivity contribution in [1.29, 1.82) is 0 Å². The molecular formula is C24H59Si9. The van der Waals surface area contributed by atoms with Crippen molar-refractivity contribution < 1.29 is 0 Å². The van der Waals surface area contributed by atoms with Crippen LogP contribution in [0.4, 0.5) is 0 Å². The maximum atomic E-state index is 2.88. The van der Waals surface area contributed by atoms with Crippen LogP contribution in [0.15, 0.2) is 30.3 Å². The van der Waals surface area contributed by atoms with E-state index >= 15 is 0 Å². The molecule has 0 saturated carbocycles. The molecule has 0 amide bonds. The van der Waals surface area contributed by atoms with E-state index in [4.69, 9.17) is 0 Å². The largest absolute Gasteiger partial charge is 0.0720 e. The molecule has 191 valence electrons. The van der Waals surface area contributed by atoms with E-state index in [1.54, 1.807) is 0 Å². The fourth-order valence-electron chi connectivity index (χ4n) is 10.3. The summed E-state index contributed by atoms with van der Waals surface area (Å²) in [6.07, 6.45) is -3.10. The lowest BCUT2D eigenvalue weighted by Crippen LogP contribution is -3.03. The van der Waals surface area contributed by atoms with Crippen molar-refractivity contribution in [3.8, 4) is 0 Å². The van der Waals surface area contributed by atoms with Crippen LogP contribution in [0.5, 0.6) is 0 Å². The van der Waals surface area contributed by atoms with Crippen LogP contribution in [0.2, 0.25) is 118 Å². The highest BCUT2D eigenvalue weighted by molar-refractivity contribution is 8.23. The van der Waals surface area contributed by atoms with E-state index in [0.29, 0.717) is 0 Å². The average Bonchev–Trinajstić information content (AvgIpc) is 2.47. The Balaban J connectivity index is 4.71. The summed E-state index contributed by atoms with van der Waals surface area (Å²) in [6.45, 7) is 51.8. The predicted molar refractivity (Wildman–Crippen MR) is 183 cm³/mol. The fourth-order valence-corrected chi connectivity index (χ4v) is 386. The van der Waals surface area contributed by atoms with Gasteiger partial charge in [-0.15, -0.1) is 0 Å². The van der Waals surface area contributed by atoms with Crippen molar-refractivity contribution in [2.24, 2.45) is 0 Å². The Morgan fingerprint density at radius 3 is 0.758 bits per heavy atom. The summed E-state index contributed by atoms with van der Waals surface area (Å²) in [6, 6.07) is 12.5. The van der Waals surface area contributed by atoms with Crippen LogP contribution in [-0.4, -0.2) is 65.7 Å². The molecule has 1 rings (SSSR count). The van der Waals surface area contributed by atoms with E-state index in [2.05, 4.69) is 148 Å². The van der Waals surface area contributed by atoms with E-state index < -0.39 is 65.7 Å². The zero-order chi connectivity index (χ0) is 26.7. The number of hydrogen-bond acceptors (Lipinski definition) is 0. The molecule has 0 saturated heterocycles. The van der Waals surface area contributed by atoms with Gasteiger partial charge >= 0.3 is 0 Å². The molecule has 1 aromatic carbocycles. The van der Waals surface area contributed by atoms with E-state index in [1.165, 1.54) is 0 Å². The van der Waals surface area contributed by atoms with Crippen molar-refractivity contribution >= 4 is 70.9 Å². The molecule has 33 heavy (non-hydrogen) atoms. The van der Waals surface area contributed by atoms with Gasteiger partial charge in [0, 0.05) is 57.8 Å². The van der Waals surface area contributed by atoms with Crippen LogP contribution in [0.25, 0.3) is 0 Å². The van der Waals surface area contributed by atoms with Gasteiger partial charge in [0.1, 0.15) is 0 Å². The lowest BCUT2D eigenvalue weighted by Gasteiger charge is -2.71. The zero-order valence-corrected chi connectivity index (χ0v) is 34.9. The number of benzene rings is 1. The van der Waals surface area contributed by atoms with Crippen LogP contribution in [0.3, 0.4) is 0 Å². The first-order valence-corrected chi connectivity index (χ1v) is 47.7. The second-order valence-electron chi connectivity index (χ2n) is 16.7. The molecule has 0 spiro atoms. The molecule has 1 radical (unpaired) electrons. The average molecular weight is 601 g/mol. The Morgan fingerprint density at radius 1 is 0.364 bits per heavy atom. The zero-order valence-electron chi connectivity index (χ0n) is 25.9. The standard InChI is InChI=1S/C24H59Si9/c1-26(2,3)32(27(4,5)6,28(7,8)9)25(24-22-20-19-21-23-24)33(29(10,11)12,30(13,14)15)31(16,17)18/h19-23H,1-18H3. The Kier molecular flexibility index (Phi) is 9.25. The third kappa shape index (κ3) is 5.14. The monoisotopic (exact) mass is 599 g/mol. The Morgan fingerprint density at radius 2 is 0.576 bits per heavy atom. The third-order valence-electron chi connectivity index (χ3n) is 8.56. The van der Waals surface area contributed by atoms with E-state index in [1.807, 2.05) is 5.19 Å². The van der Waals surface area contributed by atoms with E-state index in [9.17, 15) is 0 Å². The van der Waals surface area contributed by atoms with Gasteiger partial charge in [0.2, 0.25) is 0 Å². The highest BCUT2D eigenvalue weighted by Crippen LogP contribution is 2.48. The molecule has 0 aliphatic rings. The smallest absolute Gasteiger partial charge is 0.0560 e. The molecule has 1 aromatic rings. The molecule has 0 nitrogen and oxygen atoms in total. The van der Waals surface area contributed by atoms with Gasteiger partial charge in [-0.3, -0.25) is 0 Å². The highest BCUT2D eigenvalue weighted by Gasteiger charge is 2.76. The van der Waals surface area contributed by atoms with Crippen LogP contribution in [0, 0.1) is 0 Å². The molecule has 0 fully saturated rings. The second kappa shape index (κ2) is 9.48. The summed E-state index contributed by atoms with van der Waals surface area (Å²) in [5, 5.41) is 1.93. The molecule has 0 bridgehead atoms. The number of rotatable bonds is 9.